The molecule has 4 heteroatoms. The fourth-order valence-electron chi connectivity index (χ4n) is 2.94. The van der Waals surface area contributed by atoms with Gasteiger partial charge in [0, 0.05) is 7.11 Å². The van der Waals surface area contributed by atoms with Crippen molar-refractivity contribution in [2.24, 2.45) is 5.41 Å². The molecule has 1 saturated carbocycles. The molecule has 2 rings (SSSR count). The molecule has 1 aliphatic carbocycles. The SMILES string of the molecule is COc1cccc(C(=O)C2(OC)CCC(C)(C)CC2)c1F. The van der Waals surface area contributed by atoms with Gasteiger partial charge in [-0.1, -0.05) is 19.9 Å². The molecule has 1 aromatic carbocycles. The van der Waals surface area contributed by atoms with E-state index in [2.05, 4.69) is 13.8 Å². The standard InChI is InChI=1S/C17H23FO3/c1-16(2)8-10-17(21-4,11-9-16)15(19)12-6-5-7-13(20-3)14(12)18/h5-7H,8-11H2,1-4H3. The predicted molar refractivity (Wildman–Crippen MR) is 79.3 cm³/mol. The molecule has 0 aromatic heterocycles. The van der Waals surface area contributed by atoms with Gasteiger partial charge < -0.3 is 9.47 Å². The lowest BCUT2D eigenvalue weighted by Crippen LogP contribution is -2.46. The summed E-state index contributed by atoms with van der Waals surface area (Å²) in [6.07, 6.45) is 3.01. The number of hydrogen-bond donors (Lipinski definition) is 0. The average molecular weight is 294 g/mol. The molecule has 0 unspecified atom stereocenters. The highest BCUT2D eigenvalue weighted by Crippen LogP contribution is 2.43. The molecule has 1 aromatic rings. The van der Waals surface area contributed by atoms with Crippen molar-refractivity contribution in [2.75, 3.05) is 14.2 Å². The number of rotatable bonds is 4. The molecule has 0 aliphatic heterocycles. The Balaban J connectivity index is 2.34. The van der Waals surface area contributed by atoms with Gasteiger partial charge in [0.1, 0.15) is 5.60 Å². The van der Waals surface area contributed by atoms with Crippen LogP contribution in [0.5, 0.6) is 5.75 Å². The summed E-state index contributed by atoms with van der Waals surface area (Å²) >= 11 is 0. The van der Waals surface area contributed by atoms with Gasteiger partial charge in [0.2, 0.25) is 0 Å². The van der Waals surface area contributed by atoms with Gasteiger partial charge >= 0.3 is 0 Å². The van der Waals surface area contributed by atoms with Crippen molar-refractivity contribution in [3.63, 3.8) is 0 Å². The van der Waals surface area contributed by atoms with E-state index in [0.29, 0.717) is 12.8 Å². The first-order chi connectivity index (χ1) is 9.85. The Morgan fingerprint density at radius 1 is 1.14 bits per heavy atom. The van der Waals surface area contributed by atoms with E-state index in [9.17, 15) is 9.18 Å². The molecule has 0 atom stereocenters. The van der Waals surface area contributed by atoms with Gasteiger partial charge in [0.15, 0.2) is 17.3 Å². The summed E-state index contributed by atoms with van der Waals surface area (Å²) in [5, 5.41) is 0. The molecule has 0 heterocycles. The summed E-state index contributed by atoms with van der Waals surface area (Å²) in [6, 6.07) is 4.64. The number of halogens is 1. The Kier molecular flexibility index (Phi) is 4.38. The van der Waals surface area contributed by atoms with Gasteiger partial charge in [0.25, 0.3) is 0 Å². The molecule has 1 aliphatic rings. The Morgan fingerprint density at radius 2 is 1.76 bits per heavy atom. The molecule has 0 spiro atoms. The molecule has 116 valence electrons. The van der Waals surface area contributed by atoms with Crippen molar-refractivity contribution < 1.29 is 18.7 Å². The maximum atomic E-state index is 14.3. The first kappa shape index (κ1) is 16.0. The van der Waals surface area contributed by atoms with E-state index in [-0.39, 0.29) is 22.5 Å². The van der Waals surface area contributed by atoms with E-state index < -0.39 is 11.4 Å². The highest BCUT2D eigenvalue weighted by molar-refractivity contribution is 6.03. The number of ketones is 1. The lowest BCUT2D eigenvalue weighted by Gasteiger charge is -2.41. The Hall–Kier alpha value is -1.42. The van der Waals surface area contributed by atoms with Crippen molar-refractivity contribution >= 4 is 5.78 Å². The number of carbonyl (C=O) groups is 1. The zero-order valence-corrected chi connectivity index (χ0v) is 13.2. The Bertz CT molecular complexity index is 527. The van der Waals surface area contributed by atoms with E-state index >= 15 is 0 Å². The lowest BCUT2D eigenvalue weighted by molar-refractivity contribution is -0.0385. The summed E-state index contributed by atoms with van der Waals surface area (Å²) in [5.74, 6) is -0.800. The minimum atomic E-state index is -0.914. The van der Waals surface area contributed by atoms with Crippen molar-refractivity contribution in [2.45, 2.75) is 45.1 Å². The number of carbonyl (C=O) groups excluding carboxylic acids is 1. The monoisotopic (exact) mass is 294 g/mol. The van der Waals surface area contributed by atoms with E-state index in [0.717, 1.165) is 12.8 Å². The molecular formula is C17H23FO3. The number of benzene rings is 1. The summed E-state index contributed by atoms with van der Waals surface area (Å²) in [7, 11) is 2.93. The van der Waals surface area contributed by atoms with Crippen LogP contribution in [0.4, 0.5) is 4.39 Å². The molecule has 1 fully saturated rings. The molecule has 0 saturated heterocycles. The van der Waals surface area contributed by atoms with Gasteiger partial charge in [-0.3, -0.25) is 4.79 Å². The first-order valence-corrected chi connectivity index (χ1v) is 7.28. The quantitative estimate of drug-likeness (QED) is 0.787. The molecule has 0 N–H and O–H groups in total. The second-order valence-corrected chi connectivity index (χ2v) is 6.51. The lowest BCUT2D eigenvalue weighted by atomic mass is 9.68. The minimum Gasteiger partial charge on any atom is -0.494 e. The number of Topliss-reactive ketones (excluding diaryl/α,β-unsaturated/α-hetero) is 1. The van der Waals surface area contributed by atoms with Gasteiger partial charge in [0.05, 0.1) is 12.7 Å². The van der Waals surface area contributed by atoms with Gasteiger partial charge in [-0.25, -0.2) is 4.39 Å². The van der Waals surface area contributed by atoms with Crippen LogP contribution in [0, 0.1) is 11.2 Å². The van der Waals surface area contributed by atoms with Crippen LogP contribution in [0.15, 0.2) is 18.2 Å². The molecule has 21 heavy (non-hydrogen) atoms. The topological polar surface area (TPSA) is 35.5 Å². The van der Waals surface area contributed by atoms with Crippen LogP contribution in [-0.2, 0) is 4.74 Å². The third-order valence-electron chi connectivity index (χ3n) is 4.64. The second-order valence-electron chi connectivity index (χ2n) is 6.51. The zero-order chi connectivity index (χ0) is 15.7. The first-order valence-electron chi connectivity index (χ1n) is 7.28. The van der Waals surface area contributed by atoms with Crippen LogP contribution in [-0.4, -0.2) is 25.6 Å². The second kappa shape index (κ2) is 5.76. The van der Waals surface area contributed by atoms with Crippen LogP contribution in [0.2, 0.25) is 0 Å². The number of methoxy groups -OCH3 is 2. The van der Waals surface area contributed by atoms with Gasteiger partial charge in [-0.2, -0.15) is 0 Å². The van der Waals surface area contributed by atoms with Crippen LogP contribution in [0.3, 0.4) is 0 Å². The molecule has 0 amide bonds. The van der Waals surface area contributed by atoms with E-state index in [1.807, 2.05) is 0 Å². The van der Waals surface area contributed by atoms with Crippen LogP contribution in [0.1, 0.15) is 49.9 Å². The Labute approximate surface area is 125 Å². The van der Waals surface area contributed by atoms with Crippen molar-refractivity contribution in [1.82, 2.24) is 0 Å². The number of ether oxygens (including phenoxy) is 2. The molecule has 0 radical (unpaired) electrons. The fraction of sp³-hybridized carbons (Fsp3) is 0.588. The fourth-order valence-corrected chi connectivity index (χ4v) is 2.94. The van der Waals surface area contributed by atoms with Gasteiger partial charge in [-0.05, 0) is 43.2 Å². The maximum Gasteiger partial charge on any atom is 0.197 e. The summed E-state index contributed by atoms with van der Waals surface area (Å²) in [5.41, 5.74) is -0.659. The average Bonchev–Trinajstić information content (AvgIpc) is 2.47. The third kappa shape index (κ3) is 2.95. The largest absolute Gasteiger partial charge is 0.494 e. The summed E-state index contributed by atoms with van der Waals surface area (Å²) in [6.45, 7) is 4.37. The number of hydrogen-bond acceptors (Lipinski definition) is 3. The molecule has 0 bridgehead atoms. The van der Waals surface area contributed by atoms with Crippen molar-refractivity contribution in [3.05, 3.63) is 29.6 Å². The molecule has 3 nitrogen and oxygen atoms in total. The predicted octanol–water partition coefficient (Wildman–Crippen LogP) is 4.00. The van der Waals surface area contributed by atoms with Crippen LogP contribution < -0.4 is 4.74 Å². The summed E-state index contributed by atoms with van der Waals surface area (Å²) in [4.78, 5) is 12.8. The van der Waals surface area contributed by atoms with E-state index in [1.165, 1.54) is 26.4 Å². The van der Waals surface area contributed by atoms with E-state index in [1.54, 1.807) is 6.07 Å². The van der Waals surface area contributed by atoms with Crippen molar-refractivity contribution in [3.8, 4) is 5.75 Å². The highest BCUT2D eigenvalue weighted by atomic mass is 19.1. The van der Waals surface area contributed by atoms with Gasteiger partial charge in [-0.15, -0.1) is 0 Å². The highest BCUT2D eigenvalue weighted by Gasteiger charge is 2.45. The summed E-state index contributed by atoms with van der Waals surface area (Å²) < 4.78 is 24.8. The van der Waals surface area contributed by atoms with Crippen LogP contribution >= 0.6 is 0 Å². The maximum absolute atomic E-state index is 14.3. The smallest absolute Gasteiger partial charge is 0.197 e. The normalized spacial score (nSPS) is 20.0. The van der Waals surface area contributed by atoms with E-state index in [4.69, 9.17) is 9.47 Å². The third-order valence-corrected chi connectivity index (χ3v) is 4.64. The van der Waals surface area contributed by atoms with Crippen LogP contribution in [0.25, 0.3) is 0 Å². The Morgan fingerprint density at radius 3 is 2.29 bits per heavy atom. The zero-order valence-electron chi connectivity index (χ0n) is 13.2. The molecular weight excluding hydrogens is 271 g/mol. The minimum absolute atomic E-state index is 0.0518. The van der Waals surface area contributed by atoms with Crippen molar-refractivity contribution in [1.29, 1.82) is 0 Å².